The molecule has 2 heterocycles. The fourth-order valence-electron chi connectivity index (χ4n) is 3.02. The third-order valence-corrected chi connectivity index (χ3v) is 4.40. The molecule has 3 aromatic rings. The number of nitrogens with zero attached hydrogens (tertiary/aromatic N) is 4. The van der Waals surface area contributed by atoms with Crippen LogP contribution < -0.4 is 5.32 Å². The largest absolute Gasteiger partial charge is 0.347 e. The summed E-state index contributed by atoms with van der Waals surface area (Å²) in [5.41, 5.74) is 3.47. The van der Waals surface area contributed by atoms with Crippen molar-refractivity contribution in [3.63, 3.8) is 0 Å². The van der Waals surface area contributed by atoms with Gasteiger partial charge in [-0.3, -0.25) is 9.79 Å². The topological polar surface area (TPSA) is 72.2 Å². The normalized spacial score (nSPS) is 12.8. The Morgan fingerprint density at radius 1 is 1.19 bits per heavy atom. The molecule has 6 nitrogen and oxygen atoms in total. The van der Waals surface area contributed by atoms with Crippen molar-refractivity contribution in [1.82, 2.24) is 20.1 Å². The summed E-state index contributed by atoms with van der Waals surface area (Å²) in [5.74, 6) is 0.449. The van der Waals surface area contributed by atoms with Gasteiger partial charge in [-0.1, -0.05) is 41.9 Å². The van der Waals surface area contributed by atoms with E-state index in [-0.39, 0.29) is 17.8 Å². The number of amides is 1. The number of fused-ring (bicyclic) bond motifs is 3. The van der Waals surface area contributed by atoms with Gasteiger partial charge in [0.05, 0.1) is 17.9 Å². The van der Waals surface area contributed by atoms with Crippen molar-refractivity contribution < 1.29 is 4.79 Å². The highest BCUT2D eigenvalue weighted by atomic mass is 35.5. The second kappa shape index (κ2) is 6.96. The summed E-state index contributed by atoms with van der Waals surface area (Å²) in [4.78, 5) is 21.5. The number of aromatic nitrogens is 3. The van der Waals surface area contributed by atoms with Gasteiger partial charge in [0, 0.05) is 22.2 Å². The number of hydrogen-bond acceptors (Lipinski definition) is 4. The Bertz CT molecular complexity index is 1040. The van der Waals surface area contributed by atoms with E-state index in [0.717, 1.165) is 22.5 Å². The van der Waals surface area contributed by atoms with Gasteiger partial charge in [-0.05, 0) is 32.0 Å². The van der Waals surface area contributed by atoms with Crippen molar-refractivity contribution in [3.05, 3.63) is 76.3 Å². The number of hydrogen-bond donors (Lipinski definition) is 1. The molecule has 1 amide bonds. The molecule has 0 unspecified atom stereocenters. The summed E-state index contributed by atoms with van der Waals surface area (Å²) in [6, 6.07) is 15.5. The van der Waals surface area contributed by atoms with Crippen LogP contribution in [-0.4, -0.2) is 32.4 Å². The molecular formula is C20H18ClN5O. The lowest BCUT2D eigenvalue weighted by Crippen LogP contribution is -2.31. The monoisotopic (exact) mass is 379 g/mol. The van der Waals surface area contributed by atoms with E-state index in [1.165, 1.54) is 0 Å². The van der Waals surface area contributed by atoms with E-state index in [4.69, 9.17) is 16.6 Å². The Hall–Kier alpha value is -2.99. The van der Waals surface area contributed by atoms with Crippen molar-refractivity contribution in [1.29, 1.82) is 0 Å². The number of rotatable bonds is 3. The molecule has 0 bridgehead atoms. The van der Waals surface area contributed by atoms with E-state index in [2.05, 4.69) is 15.4 Å². The molecule has 0 spiro atoms. The zero-order valence-corrected chi connectivity index (χ0v) is 15.7. The first-order valence-electron chi connectivity index (χ1n) is 8.70. The Labute approximate surface area is 161 Å². The van der Waals surface area contributed by atoms with Crippen LogP contribution >= 0.6 is 11.6 Å². The standard InChI is InChI=1S/C20H18ClN5O/c1-12(2)23-20(27)19-24-17-11-22-18(13-6-4-3-5-7-13)15-10-14(21)8-9-16(15)26(17)25-19/h3-10,12H,11H2,1-2H3,(H,23,27). The second-order valence-electron chi connectivity index (χ2n) is 6.58. The van der Waals surface area contributed by atoms with Crippen molar-refractivity contribution in [2.45, 2.75) is 26.4 Å². The van der Waals surface area contributed by atoms with Crippen molar-refractivity contribution in [3.8, 4) is 5.69 Å². The summed E-state index contributed by atoms with van der Waals surface area (Å²) in [7, 11) is 0. The summed E-state index contributed by atoms with van der Waals surface area (Å²) in [6.07, 6.45) is 0. The van der Waals surface area contributed by atoms with Gasteiger partial charge in [-0.15, -0.1) is 5.10 Å². The molecule has 0 saturated heterocycles. The van der Waals surface area contributed by atoms with Crippen LogP contribution in [0.3, 0.4) is 0 Å². The molecule has 0 saturated carbocycles. The zero-order valence-electron chi connectivity index (χ0n) is 15.0. The number of carbonyl (C=O) groups excluding carboxylic acids is 1. The Kier molecular flexibility index (Phi) is 4.49. The molecule has 4 rings (SSSR count). The lowest BCUT2D eigenvalue weighted by Gasteiger charge is -2.11. The van der Waals surface area contributed by atoms with Gasteiger partial charge in [-0.25, -0.2) is 9.67 Å². The quantitative estimate of drug-likeness (QED) is 0.758. The second-order valence-corrected chi connectivity index (χ2v) is 7.02. The number of aliphatic imine (C=N–C) groups is 1. The van der Waals surface area contributed by atoms with Gasteiger partial charge in [0.25, 0.3) is 5.91 Å². The fourth-order valence-corrected chi connectivity index (χ4v) is 3.20. The van der Waals surface area contributed by atoms with Crippen LogP contribution in [0.15, 0.2) is 53.5 Å². The van der Waals surface area contributed by atoms with E-state index in [9.17, 15) is 4.79 Å². The molecule has 0 radical (unpaired) electrons. The van der Waals surface area contributed by atoms with Gasteiger partial charge in [0.15, 0.2) is 5.82 Å². The average molecular weight is 380 g/mol. The van der Waals surface area contributed by atoms with E-state index in [1.807, 2.05) is 56.3 Å². The van der Waals surface area contributed by atoms with Crippen LogP contribution in [0.1, 0.15) is 41.4 Å². The summed E-state index contributed by atoms with van der Waals surface area (Å²) in [5, 5.41) is 7.87. The van der Waals surface area contributed by atoms with Crippen molar-refractivity contribution >= 4 is 23.2 Å². The first-order chi connectivity index (χ1) is 13.0. The van der Waals surface area contributed by atoms with Crippen LogP contribution in [0.4, 0.5) is 0 Å². The predicted octanol–water partition coefficient (Wildman–Crippen LogP) is 3.41. The number of benzene rings is 2. The summed E-state index contributed by atoms with van der Waals surface area (Å²) in [6.45, 7) is 4.11. The maximum atomic E-state index is 12.3. The van der Waals surface area contributed by atoms with Gasteiger partial charge < -0.3 is 5.32 Å². The first-order valence-corrected chi connectivity index (χ1v) is 9.07. The molecule has 1 aliphatic rings. The predicted molar refractivity (Wildman–Crippen MR) is 105 cm³/mol. The number of halogens is 1. The summed E-state index contributed by atoms with van der Waals surface area (Å²) < 4.78 is 1.68. The third kappa shape index (κ3) is 3.36. The molecule has 136 valence electrons. The molecular weight excluding hydrogens is 362 g/mol. The van der Waals surface area contributed by atoms with Gasteiger partial charge in [0.2, 0.25) is 5.82 Å². The maximum Gasteiger partial charge on any atom is 0.291 e. The van der Waals surface area contributed by atoms with Crippen LogP contribution in [0.2, 0.25) is 5.02 Å². The summed E-state index contributed by atoms with van der Waals surface area (Å²) >= 11 is 6.26. The highest BCUT2D eigenvalue weighted by molar-refractivity contribution is 6.31. The highest BCUT2D eigenvalue weighted by Crippen LogP contribution is 2.27. The highest BCUT2D eigenvalue weighted by Gasteiger charge is 2.24. The molecule has 1 N–H and O–H groups in total. The van der Waals surface area contributed by atoms with E-state index >= 15 is 0 Å². The molecule has 1 aromatic heterocycles. The van der Waals surface area contributed by atoms with Crippen LogP contribution in [0, 0.1) is 0 Å². The zero-order chi connectivity index (χ0) is 19.0. The molecule has 7 heteroatoms. The molecule has 0 atom stereocenters. The molecule has 27 heavy (non-hydrogen) atoms. The van der Waals surface area contributed by atoms with E-state index in [0.29, 0.717) is 17.4 Å². The lowest BCUT2D eigenvalue weighted by molar-refractivity contribution is 0.0932. The number of carbonyl (C=O) groups is 1. The van der Waals surface area contributed by atoms with Gasteiger partial charge >= 0.3 is 0 Å². The van der Waals surface area contributed by atoms with Gasteiger partial charge in [0.1, 0.15) is 0 Å². The lowest BCUT2D eigenvalue weighted by atomic mass is 10.0. The van der Waals surface area contributed by atoms with Crippen molar-refractivity contribution in [2.24, 2.45) is 4.99 Å². The third-order valence-electron chi connectivity index (χ3n) is 4.16. The van der Waals surface area contributed by atoms with Crippen molar-refractivity contribution in [2.75, 3.05) is 0 Å². The Balaban J connectivity index is 1.85. The van der Waals surface area contributed by atoms with Crippen LogP contribution in [0.5, 0.6) is 0 Å². The number of nitrogens with one attached hydrogen (secondary N) is 1. The molecule has 2 aromatic carbocycles. The fraction of sp³-hybridized carbons (Fsp3) is 0.200. The minimum atomic E-state index is -0.298. The smallest absolute Gasteiger partial charge is 0.291 e. The minimum absolute atomic E-state index is 0.00889. The average Bonchev–Trinajstić information content (AvgIpc) is 3.01. The van der Waals surface area contributed by atoms with E-state index < -0.39 is 0 Å². The van der Waals surface area contributed by atoms with Crippen LogP contribution in [-0.2, 0) is 6.54 Å². The Morgan fingerprint density at radius 3 is 2.70 bits per heavy atom. The molecule has 0 aliphatic carbocycles. The minimum Gasteiger partial charge on any atom is -0.347 e. The first kappa shape index (κ1) is 17.4. The maximum absolute atomic E-state index is 12.3. The SMILES string of the molecule is CC(C)NC(=O)c1nc2n(n1)-c1ccc(Cl)cc1C(c1ccccc1)=NC2. The van der Waals surface area contributed by atoms with Gasteiger partial charge in [-0.2, -0.15) is 0 Å². The molecule has 1 aliphatic heterocycles. The van der Waals surface area contributed by atoms with E-state index in [1.54, 1.807) is 10.7 Å². The van der Waals surface area contributed by atoms with Crippen LogP contribution in [0.25, 0.3) is 5.69 Å². The molecule has 0 fully saturated rings. The Morgan fingerprint density at radius 2 is 1.96 bits per heavy atom.